The zero-order valence-electron chi connectivity index (χ0n) is 11.9. The summed E-state index contributed by atoms with van der Waals surface area (Å²) in [5.41, 5.74) is 2.64. The number of anilines is 2. The molecule has 3 aromatic rings. The van der Waals surface area contributed by atoms with Gasteiger partial charge in [-0.2, -0.15) is 0 Å². The lowest BCUT2D eigenvalue weighted by Crippen LogP contribution is -2.20. The van der Waals surface area contributed by atoms with Crippen LogP contribution in [0.1, 0.15) is 5.56 Å². The molecule has 0 atom stereocenters. The van der Waals surface area contributed by atoms with E-state index >= 15 is 0 Å². The highest BCUT2D eigenvalue weighted by atomic mass is 32.1. The Hall–Kier alpha value is -2.73. The van der Waals surface area contributed by atoms with Crippen molar-refractivity contribution in [2.24, 2.45) is 0 Å². The summed E-state index contributed by atoms with van der Waals surface area (Å²) < 4.78 is 0. The van der Waals surface area contributed by atoms with Crippen LogP contribution in [0.3, 0.4) is 0 Å². The maximum atomic E-state index is 12.0. The minimum absolute atomic E-state index is 0.274. The van der Waals surface area contributed by atoms with Gasteiger partial charge in [-0.3, -0.25) is 5.32 Å². The molecule has 2 heterocycles. The van der Waals surface area contributed by atoms with Gasteiger partial charge < -0.3 is 5.32 Å². The fourth-order valence-corrected chi connectivity index (χ4v) is 2.58. The van der Waals surface area contributed by atoms with Crippen LogP contribution in [-0.2, 0) is 0 Å². The van der Waals surface area contributed by atoms with Crippen molar-refractivity contribution < 1.29 is 4.79 Å². The number of carbonyl (C=O) groups is 1. The van der Waals surface area contributed by atoms with E-state index in [1.807, 2.05) is 54.8 Å². The van der Waals surface area contributed by atoms with Gasteiger partial charge in [-0.05, 0) is 36.6 Å². The first-order valence-electron chi connectivity index (χ1n) is 6.72. The molecular formula is C16H14N4OS. The third kappa shape index (κ3) is 3.48. The molecule has 0 spiro atoms. The first-order valence-corrected chi connectivity index (χ1v) is 7.60. The van der Waals surface area contributed by atoms with Crippen LogP contribution in [0, 0.1) is 6.92 Å². The van der Waals surface area contributed by atoms with Crippen molar-refractivity contribution in [2.45, 2.75) is 6.92 Å². The van der Waals surface area contributed by atoms with Gasteiger partial charge in [0.2, 0.25) is 5.95 Å². The number of aryl methyl sites for hydroxylation is 1. The van der Waals surface area contributed by atoms with Crippen LogP contribution in [0.5, 0.6) is 0 Å². The number of nitrogens with one attached hydrogen (secondary N) is 2. The van der Waals surface area contributed by atoms with Crippen molar-refractivity contribution in [3.8, 4) is 10.6 Å². The minimum atomic E-state index is -0.368. The summed E-state index contributed by atoms with van der Waals surface area (Å²) in [5, 5.41) is 7.36. The second-order valence-electron chi connectivity index (χ2n) is 4.69. The molecule has 3 rings (SSSR count). The van der Waals surface area contributed by atoms with Crippen LogP contribution in [0.4, 0.5) is 16.4 Å². The molecule has 2 amide bonds. The summed E-state index contributed by atoms with van der Waals surface area (Å²) >= 11 is 1.59. The number of thiophene rings is 1. The number of amides is 2. The van der Waals surface area contributed by atoms with Gasteiger partial charge >= 0.3 is 6.03 Å². The molecule has 22 heavy (non-hydrogen) atoms. The largest absolute Gasteiger partial charge is 0.326 e. The molecule has 0 aliphatic carbocycles. The van der Waals surface area contributed by atoms with E-state index in [0.717, 1.165) is 21.8 Å². The minimum Gasteiger partial charge on any atom is -0.308 e. The lowest BCUT2D eigenvalue weighted by Gasteiger charge is -2.07. The lowest BCUT2D eigenvalue weighted by atomic mass is 10.2. The normalized spacial score (nSPS) is 10.2. The first kappa shape index (κ1) is 14.2. The molecule has 5 nitrogen and oxygen atoms in total. The van der Waals surface area contributed by atoms with Gasteiger partial charge in [0.15, 0.2) is 0 Å². The number of hydrogen-bond acceptors (Lipinski definition) is 4. The van der Waals surface area contributed by atoms with Gasteiger partial charge in [0.25, 0.3) is 0 Å². The van der Waals surface area contributed by atoms with E-state index in [9.17, 15) is 4.79 Å². The maximum Gasteiger partial charge on any atom is 0.326 e. The Morgan fingerprint density at radius 3 is 2.64 bits per heavy atom. The zero-order valence-corrected chi connectivity index (χ0v) is 12.7. The molecule has 6 heteroatoms. The molecule has 0 bridgehead atoms. The van der Waals surface area contributed by atoms with Gasteiger partial charge in [-0.1, -0.05) is 23.8 Å². The van der Waals surface area contributed by atoms with Crippen molar-refractivity contribution >= 4 is 29.0 Å². The Kier molecular flexibility index (Phi) is 4.11. The Morgan fingerprint density at radius 2 is 1.91 bits per heavy atom. The monoisotopic (exact) mass is 310 g/mol. The van der Waals surface area contributed by atoms with Crippen LogP contribution in [0.25, 0.3) is 10.6 Å². The van der Waals surface area contributed by atoms with Crippen LogP contribution < -0.4 is 10.6 Å². The number of benzene rings is 1. The highest BCUT2D eigenvalue weighted by Crippen LogP contribution is 2.22. The number of urea groups is 1. The van der Waals surface area contributed by atoms with Gasteiger partial charge in [0, 0.05) is 11.9 Å². The van der Waals surface area contributed by atoms with Gasteiger partial charge in [-0.25, -0.2) is 14.8 Å². The van der Waals surface area contributed by atoms with E-state index in [0.29, 0.717) is 0 Å². The highest BCUT2D eigenvalue weighted by molar-refractivity contribution is 7.13. The third-order valence-corrected chi connectivity index (χ3v) is 3.86. The molecule has 0 saturated carbocycles. The third-order valence-electron chi connectivity index (χ3n) is 2.96. The Morgan fingerprint density at radius 1 is 1.09 bits per heavy atom. The van der Waals surface area contributed by atoms with Crippen molar-refractivity contribution in [2.75, 3.05) is 10.6 Å². The Balaban J connectivity index is 1.69. The van der Waals surface area contributed by atoms with Crippen LogP contribution in [0.2, 0.25) is 0 Å². The van der Waals surface area contributed by atoms with Crippen LogP contribution >= 0.6 is 11.3 Å². The van der Waals surface area contributed by atoms with E-state index < -0.39 is 0 Å². The van der Waals surface area contributed by atoms with Gasteiger partial charge in [0.05, 0.1) is 10.6 Å². The summed E-state index contributed by atoms with van der Waals surface area (Å²) in [6, 6.07) is 12.9. The fraction of sp³-hybridized carbons (Fsp3) is 0.0625. The number of rotatable bonds is 3. The summed E-state index contributed by atoms with van der Waals surface area (Å²) in [6.45, 7) is 1.99. The molecule has 0 fully saturated rings. The van der Waals surface area contributed by atoms with Crippen LogP contribution in [0.15, 0.2) is 54.0 Å². The van der Waals surface area contributed by atoms with Crippen molar-refractivity contribution in [1.82, 2.24) is 9.97 Å². The summed E-state index contributed by atoms with van der Waals surface area (Å²) in [7, 11) is 0. The predicted octanol–water partition coefficient (Wildman–Crippen LogP) is 4.16. The Labute approximate surface area is 132 Å². The fourth-order valence-electron chi connectivity index (χ4n) is 1.88. The summed E-state index contributed by atoms with van der Waals surface area (Å²) in [6.07, 6.45) is 1.63. The molecule has 2 N–H and O–H groups in total. The molecular weight excluding hydrogens is 296 g/mol. The number of hydrogen-bond donors (Lipinski definition) is 2. The second-order valence-corrected chi connectivity index (χ2v) is 5.64. The molecule has 0 radical (unpaired) electrons. The van der Waals surface area contributed by atoms with E-state index in [4.69, 9.17) is 0 Å². The predicted molar refractivity (Wildman–Crippen MR) is 89.2 cm³/mol. The van der Waals surface area contributed by atoms with Crippen molar-refractivity contribution in [1.29, 1.82) is 0 Å². The summed E-state index contributed by atoms with van der Waals surface area (Å²) in [5.74, 6) is 0.274. The topological polar surface area (TPSA) is 66.9 Å². The lowest BCUT2D eigenvalue weighted by molar-refractivity contribution is 0.262. The van der Waals surface area contributed by atoms with E-state index in [1.165, 1.54) is 0 Å². The second kappa shape index (κ2) is 6.36. The average Bonchev–Trinajstić information content (AvgIpc) is 3.04. The number of aromatic nitrogens is 2. The van der Waals surface area contributed by atoms with Crippen molar-refractivity contribution in [3.63, 3.8) is 0 Å². The Bertz CT molecular complexity index is 769. The number of nitrogens with zero attached hydrogens (tertiary/aromatic N) is 2. The van der Waals surface area contributed by atoms with Gasteiger partial charge in [0.1, 0.15) is 0 Å². The SMILES string of the molecule is Cc1ccc(NC(=O)Nc2nccc(-c3cccs3)n2)cc1. The summed E-state index contributed by atoms with van der Waals surface area (Å²) in [4.78, 5) is 21.4. The molecule has 110 valence electrons. The number of carbonyl (C=O) groups excluding carboxylic acids is 1. The smallest absolute Gasteiger partial charge is 0.308 e. The molecule has 2 aromatic heterocycles. The zero-order chi connectivity index (χ0) is 15.4. The molecule has 0 unspecified atom stereocenters. The maximum absolute atomic E-state index is 12.0. The molecule has 0 aliphatic heterocycles. The van der Waals surface area contributed by atoms with E-state index in [2.05, 4.69) is 20.6 Å². The van der Waals surface area contributed by atoms with E-state index in [1.54, 1.807) is 17.5 Å². The molecule has 0 saturated heterocycles. The average molecular weight is 310 g/mol. The van der Waals surface area contributed by atoms with Crippen molar-refractivity contribution in [3.05, 3.63) is 59.6 Å². The molecule has 1 aromatic carbocycles. The van der Waals surface area contributed by atoms with Crippen LogP contribution in [-0.4, -0.2) is 16.0 Å². The quantitative estimate of drug-likeness (QED) is 0.763. The van der Waals surface area contributed by atoms with Gasteiger partial charge in [-0.15, -0.1) is 11.3 Å². The van der Waals surface area contributed by atoms with E-state index in [-0.39, 0.29) is 12.0 Å². The molecule has 0 aliphatic rings. The first-order chi connectivity index (χ1) is 10.7. The standard InChI is InChI=1S/C16H14N4OS/c1-11-4-6-12(7-5-11)18-16(21)20-15-17-9-8-13(19-15)14-3-2-10-22-14/h2-10H,1H3,(H2,17,18,19,20,21). The highest BCUT2D eigenvalue weighted by Gasteiger charge is 2.07.